The van der Waals surface area contributed by atoms with Crippen LogP contribution in [0.25, 0.3) is 11.1 Å². The molecule has 304 valence electrons. The smallest absolute Gasteiger partial charge is 0.488 e. The summed E-state index contributed by atoms with van der Waals surface area (Å²) >= 11 is 3.42. The highest BCUT2D eigenvalue weighted by Gasteiger charge is 2.15. The van der Waals surface area contributed by atoms with E-state index in [-0.39, 0.29) is 11.9 Å². The molecule has 0 fully saturated rings. The highest BCUT2D eigenvalue weighted by molar-refractivity contribution is 9.10. The van der Waals surface area contributed by atoms with Crippen molar-refractivity contribution in [3.63, 3.8) is 0 Å². The predicted octanol–water partition coefficient (Wildman–Crippen LogP) is 9.46. The second kappa shape index (κ2) is 28.0. The fourth-order valence-electron chi connectivity index (χ4n) is 4.78. The Labute approximate surface area is 341 Å². The van der Waals surface area contributed by atoms with Gasteiger partial charge in [-0.15, -0.1) is 0 Å². The first-order valence-corrected chi connectivity index (χ1v) is 20.1. The Morgan fingerprint density at radius 1 is 0.589 bits per heavy atom. The van der Waals surface area contributed by atoms with Crippen LogP contribution in [0.15, 0.2) is 89.4 Å². The van der Waals surface area contributed by atoms with Gasteiger partial charge in [0.15, 0.2) is 0 Å². The third-order valence-electron chi connectivity index (χ3n) is 8.13. The molecule has 10 nitrogen and oxygen atoms in total. The molecular formula is C44H58BBrO10. The number of carbonyl (C=O) groups is 2. The van der Waals surface area contributed by atoms with Gasteiger partial charge in [-0.3, -0.25) is 0 Å². The lowest BCUT2D eigenvalue weighted by atomic mass is 9.80. The van der Waals surface area contributed by atoms with Crippen molar-refractivity contribution in [2.75, 3.05) is 40.6 Å². The minimum absolute atomic E-state index is 0.290. The monoisotopic (exact) mass is 836 g/mol. The molecule has 4 aromatic rings. The average Bonchev–Trinajstić information content (AvgIpc) is 3.22. The first-order chi connectivity index (χ1) is 27.1. The van der Waals surface area contributed by atoms with Gasteiger partial charge < -0.3 is 38.5 Å². The number of hydrogen-bond donors (Lipinski definition) is 2. The topological polar surface area (TPSA) is 130 Å². The van der Waals surface area contributed by atoms with Crippen molar-refractivity contribution in [2.24, 2.45) is 0 Å². The molecule has 56 heavy (non-hydrogen) atoms. The number of methoxy groups -OCH3 is 2. The first-order valence-electron chi connectivity index (χ1n) is 19.3. The molecule has 0 amide bonds. The second-order valence-electron chi connectivity index (χ2n) is 12.6. The lowest BCUT2D eigenvalue weighted by Crippen LogP contribution is -2.29. The van der Waals surface area contributed by atoms with Crippen LogP contribution in [-0.2, 0) is 9.47 Å². The Bertz CT molecular complexity index is 1730. The van der Waals surface area contributed by atoms with Crippen molar-refractivity contribution in [1.82, 2.24) is 0 Å². The number of halogens is 1. The predicted molar refractivity (Wildman–Crippen MR) is 227 cm³/mol. The van der Waals surface area contributed by atoms with Crippen LogP contribution in [0.4, 0.5) is 0 Å². The summed E-state index contributed by atoms with van der Waals surface area (Å²) in [6.07, 6.45) is 7.85. The molecular weight excluding hydrogens is 779 g/mol. The fraction of sp³-hybridized carbons (Fsp3) is 0.409. The Morgan fingerprint density at radius 2 is 1.07 bits per heavy atom. The van der Waals surface area contributed by atoms with E-state index < -0.39 is 7.12 Å². The quantitative estimate of drug-likeness (QED) is 0.0505. The van der Waals surface area contributed by atoms with E-state index in [0.29, 0.717) is 60.3 Å². The van der Waals surface area contributed by atoms with Gasteiger partial charge in [-0.25, -0.2) is 9.59 Å². The van der Waals surface area contributed by atoms with E-state index in [0.717, 1.165) is 72.7 Å². The van der Waals surface area contributed by atoms with E-state index in [1.54, 1.807) is 55.6 Å². The van der Waals surface area contributed by atoms with Gasteiger partial charge in [0.05, 0.1) is 56.2 Å². The van der Waals surface area contributed by atoms with Crippen molar-refractivity contribution >= 4 is 40.4 Å². The normalized spacial score (nSPS) is 10.2. The zero-order valence-electron chi connectivity index (χ0n) is 33.7. The molecule has 0 atom stereocenters. The number of carbonyl (C=O) groups excluding carboxylic acids is 2. The molecule has 0 saturated carbocycles. The molecule has 0 aliphatic rings. The summed E-state index contributed by atoms with van der Waals surface area (Å²) in [7, 11) is 1.75. The summed E-state index contributed by atoms with van der Waals surface area (Å²) in [5, 5.41) is 17.5. The van der Waals surface area contributed by atoms with E-state index >= 15 is 0 Å². The van der Waals surface area contributed by atoms with Gasteiger partial charge in [-0.2, -0.15) is 0 Å². The van der Waals surface area contributed by atoms with Crippen molar-refractivity contribution in [3.8, 4) is 34.1 Å². The Balaban J connectivity index is 0.000000315. The largest absolute Gasteiger partial charge is 0.497 e. The lowest BCUT2D eigenvalue weighted by molar-refractivity contribution is 0.0490. The Hall–Kier alpha value is -4.52. The zero-order valence-corrected chi connectivity index (χ0v) is 35.3. The number of unbranched alkanes of at least 4 members (excludes halogenated alkanes) is 4. The van der Waals surface area contributed by atoms with Gasteiger partial charge in [0.25, 0.3) is 0 Å². The van der Waals surface area contributed by atoms with E-state index in [4.69, 9.17) is 38.5 Å². The second-order valence-corrected chi connectivity index (χ2v) is 13.5. The molecule has 4 aromatic carbocycles. The summed E-state index contributed by atoms with van der Waals surface area (Å²) in [6.45, 7) is 10.5. The molecule has 0 aliphatic carbocycles. The highest BCUT2D eigenvalue weighted by Crippen LogP contribution is 2.33. The van der Waals surface area contributed by atoms with Crippen LogP contribution in [0.1, 0.15) is 99.8 Å². The summed E-state index contributed by atoms with van der Waals surface area (Å²) in [4.78, 5) is 24.1. The first kappa shape index (κ1) is 47.6. The maximum absolute atomic E-state index is 12.3. The summed E-state index contributed by atoms with van der Waals surface area (Å²) < 4.78 is 33.2. The van der Waals surface area contributed by atoms with Gasteiger partial charge in [0, 0.05) is 5.56 Å². The number of hydrogen-bond acceptors (Lipinski definition) is 10. The van der Waals surface area contributed by atoms with Crippen molar-refractivity contribution in [1.29, 1.82) is 0 Å². The maximum Gasteiger partial charge on any atom is 0.488 e. The van der Waals surface area contributed by atoms with E-state index in [9.17, 15) is 9.59 Å². The lowest BCUT2D eigenvalue weighted by Gasteiger charge is -2.14. The van der Waals surface area contributed by atoms with Crippen LogP contribution < -0.4 is 24.4 Å². The molecule has 0 bridgehead atoms. The van der Waals surface area contributed by atoms with Crippen LogP contribution in [0.5, 0.6) is 23.0 Å². The molecule has 0 unspecified atom stereocenters. The van der Waals surface area contributed by atoms with E-state index in [1.807, 2.05) is 36.4 Å². The summed E-state index contributed by atoms with van der Waals surface area (Å²) in [5.41, 5.74) is 3.40. The van der Waals surface area contributed by atoms with E-state index in [1.165, 1.54) is 7.11 Å². The molecule has 2 N–H and O–H groups in total. The number of benzene rings is 4. The van der Waals surface area contributed by atoms with Gasteiger partial charge in [-0.1, -0.05) is 77.6 Å². The van der Waals surface area contributed by atoms with Crippen LogP contribution in [0.2, 0.25) is 0 Å². The van der Waals surface area contributed by atoms with Gasteiger partial charge in [0.1, 0.15) is 23.0 Å². The minimum Gasteiger partial charge on any atom is -0.497 e. The SMILES string of the molecule is CCCCOC(=O)c1ccc(-c2cccc(OC)c2)c(OCCCC)c1.CCCCOC(=O)c1ccc(Br)c(OCCCC)c1.COc1cccc(B(O)O)c1. The van der Waals surface area contributed by atoms with E-state index in [2.05, 4.69) is 43.6 Å². The number of rotatable bonds is 20. The summed E-state index contributed by atoms with van der Waals surface area (Å²) in [6, 6.07) is 25.2. The molecule has 0 spiro atoms. The number of esters is 2. The molecule has 0 saturated heterocycles. The highest BCUT2D eigenvalue weighted by atomic mass is 79.9. The third kappa shape index (κ3) is 17.5. The molecule has 12 heteroatoms. The molecule has 0 heterocycles. The van der Waals surface area contributed by atoms with Crippen molar-refractivity contribution in [2.45, 2.75) is 79.1 Å². The average molecular weight is 838 g/mol. The third-order valence-corrected chi connectivity index (χ3v) is 8.79. The maximum atomic E-state index is 12.3. The van der Waals surface area contributed by atoms with Gasteiger partial charge in [0.2, 0.25) is 0 Å². The van der Waals surface area contributed by atoms with Crippen LogP contribution in [0.3, 0.4) is 0 Å². The fourth-order valence-corrected chi connectivity index (χ4v) is 5.14. The molecule has 0 aromatic heterocycles. The van der Waals surface area contributed by atoms with Crippen LogP contribution in [-0.4, -0.2) is 69.8 Å². The minimum atomic E-state index is -1.43. The standard InChI is InChI=1S/C22H28O4.C15H21BrO3.C7H9BO3/c1-4-6-13-25-21-16-18(22(23)26-14-7-5-2)11-12-20(21)17-9-8-10-19(15-17)24-3;1-3-5-9-18-14-11-12(7-8-13(14)16)15(17)19-10-6-4-2;1-11-7-4-2-3-6(5-7)8(9)10/h8-12,15-16H,4-7,13-14H2,1-3H3;7-8,11H,3-6,9-10H2,1-2H3;2-5,9-10H,1H3. The zero-order chi connectivity index (χ0) is 41.1. The summed E-state index contributed by atoms with van der Waals surface area (Å²) in [5.74, 6) is 2.19. The molecule has 0 radical (unpaired) electrons. The van der Waals surface area contributed by atoms with Crippen molar-refractivity contribution < 1.29 is 48.1 Å². The van der Waals surface area contributed by atoms with Gasteiger partial charge in [-0.05, 0) is 113 Å². The Morgan fingerprint density at radius 3 is 1.61 bits per heavy atom. The van der Waals surface area contributed by atoms with Crippen molar-refractivity contribution in [3.05, 3.63) is 101 Å². The molecule has 4 rings (SSSR count). The van der Waals surface area contributed by atoms with Crippen LogP contribution in [0, 0.1) is 0 Å². The Kier molecular flexibility index (Phi) is 23.8. The van der Waals surface area contributed by atoms with Crippen LogP contribution >= 0.6 is 15.9 Å². The van der Waals surface area contributed by atoms with Gasteiger partial charge >= 0.3 is 19.1 Å². The number of ether oxygens (including phenoxy) is 6. The molecule has 0 aliphatic heterocycles.